The summed E-state index contributed by atoms with van der Waals surface area (Å²) >= 11 is 2.00. The second-order valence-electron chi connectivity index (χ2n) is 5.35. The number of hydrogen-bond donors (Lipinski definition) is 1. The lowest BCUT2D eigenvalue weighted by Crippen LogP contribution is -2.27. The van der Waals surface area contributed by atoms with Crippen LogP contribution >= 0.6 is 11.8 Å². The quantitative estimate of drug-likeness (QED) is 0.719. The van der Waals surface area contributed by atoms with Crippen LogP contribution in [0.2, 0.25) is 0 Å². The third kappa shape index (κ3) is 5.02. The Balaban J connectivity index is 2.82. The van der Waals surface area contributed by atoms with Crippen LogP contribution in [0.3, 0.4) is 0 Å². The predicted molar refractivity (Wildman–Crippen MR) is 87.7 cm³/mol. The van der Waals surface area contributed by atoms with E-state index in [9.17, 15) is 0 Å². The molecule has 0 bridgehead atoms. The molecule has 1 N–H and O–H groups in total. The lowest BCUT2D eigenvalue weighted by Gasteiger charge is -2.21. The first-order chi connectivity index (χ1) is 9.63. The Kier molecular flexibility index (Phi) is 8.07. The van der Waals surface area contributed by atoms with Gasteiger partial charge in [0.05, 0.1) is 25.0 Å². The van der Waals surface area contributed by atoms with Gasteiger partial charge in [-0.2, -0.15) is 16.9 Å². The van der Waals surface area contributed by atoms with Crippen molar-refractivity contribution in [3.05, 3.63) is 11.9 Å². The normalized spacial score (nSPS) is 12.9. The minimum absolute atomic E-state index is 0.302. The summed E-state index contributed by atoms with van der Waals surface area (Å²) in [6, 6.07) is 0.302. The van der Waals surface area contributed by atoms with Crippen molar-refractivity contribution in [2.45, 2.75) is 46.7 Å². The van der Waals surface area contributed by atoms with Crippen molar-refractivity contribution in [2.75, 3.05) is 25.2 Å². The minimum atomic E-state index is 0.302. The van der Waals surface area contributed by atoms with Crippen molar-refractivity contribution in [2.24, 2.45) is 5.92 Å². The van der Waals surface area contributed by atoms with E-state index >= 15 is 0 Å². The molecule has 1 aromatic heterocycles. The van der Waals surface area contributed by atoms with Crippen molar-refractivity contribution in [1.29, 1.82) is 0 Å². The minimum Gasteiger partial charge on any atom is -0.493 e. The third-order valence-electron chi connectivity index (χ3n) is 3.07. The second-order valence-corrected chi connectivity index (χ2v) is 6.43. The van der Waals surface area contributed by atoms with E-state index in [4.69, 9.17) is 4.74 Å². The Bertz CT molecular complexity index is 358. The number of methoxy groups -OCH3 is 1. The van der Waals surface area contributed by atoms with E-state index in [1.54, 1.807) is 7.11 Å². The fourth-order valence-electron chi connectivity index (χ4n) is 2.11. The zero-order valence-electron chi connectivity index (χ0n) is 13.5. The number of thioether (sulfide) groups is 1. The number of aromatic nitrogens is 2. The molecule has 1 aromatic rings. The maximum atomic E-state index is 5.48. The molecule has 0 aromatic carbocycles. The van der Waals surface area contributed by atoms with Gasteiger partial charge in [0.15, 0.2) is 5.75 Å². The van der Waals surface area contributed by atoms with Crippen LogP contribution in [0.1, 0.15) is 45.9 Å². The number of aryl methyl sites for hydroxylation is 1. The fourth-order valence-corrected chi connectivity index (χ4v) is 3.23. The van der Waals surface area contributed by atoms with E-state index < -0.39 is 0 Å². The topological polar surface area (TPSA) is 39.1 Å². The van der Waals surface area contributed by atoms with Crippen LogP contribution in [0.4, 0.5) is 0 Å². The Morgan fingerprint density at radius 2 is 2.10 bits per heavy atom. The van der Waals surface area contributed by atoms with Gasteiger partial charge >= 0.3 is 0 Å². The standard InChI is InChI=1S/C15H29N3OS/c1-6-8-16-13(11-20-10-12(3)4)15-14(19-5)9-17-18(15)7-2/h9,12-13,16H,6-8,10-11H2,1-5H3. The van der Waals surface area contributed by atoms with E-state index in [1.165, 1.54) is 11.4 Å². The van der Waals surface area contributed by atoms with Crippen LogP contribution < -0.4 is 10.1 Å². The van der Waals surface area contributed by atoms with Crippen LogP contribution in [0.5, 0.6) is 5.75 Å². The van der Waals surface area contributed by atoms with Gasteiger partial charge in [0.25, 0.3) is 0 Å². The molecule has 0 radical (unpaired) electrons. The van der Waals surface area contributed by atoms with Gasteiger partial charge in [0.2, 0.25) is 0 Å². The summed E-state index contributed by atoms with van der Waals surface area (Å²) in [5, 5.41) is 8.05. The molecule has 0 saturated heterocycles. The summed E-state index contributed by atoms with van der Waals surface area (Å²) < 4.78 is 7.53. The van der Waals surface area contributed by atoms with Crippen molar-refractivity contribution >= 4 is 11.8 Å². The molecule has 0 saturated carbocycles. The zero-order chi connectivity index (χ0) is 15.0. The van der Waals surface area contributed by atoms with Gasteiger partial charge < -0.3 is 10.1 Å². The van der Waals surface area contributed by atoms with E-state index in [1.807, 2.05) is 22.6 Å². The maximum Gasteiger partial charge on any atom is 0.161 e. The number of nitrogens with one attached hydrogen (secondary N) is 1. The molecule has 0 spiro atoms. The molecule has 0 aliphatic heterocycles. The summed E-state index contributed by atoms with van der Waals surface area (Å²) in [6.45, 7) is 10.7. The highest BCUT2D eigenvalue weighted by Crippen LogP contribution is 2.28. The Hall–Kier alpha value is -0.680. The molecule has 1 rings (SSSR count). The summed E-state index contributed by atoms with van der Waals surface area (Å²) in [5.41, 5.74) is 1.18. The van der Waals surface area contributed by atoms with Crippen LogP contribution in [-0.4, -0.2) is 34.9 Å². The molecule has 0 fully saturated rings. The Morgan fingerprint density at radius 3 is 2.65 bits per heavy atom. The molecule has 1 unspecified atom stereocenters. The highest BCUT2D eigenvalue weighted by atomic mass is 32.2. The molecule has 5 heteroatoms. The van der Waals surface area contributed by atoms with Gasteiger partial charge in [-0.05, 0) is 31.6 Å². The predicted octanol–water partition coefficient (Wildman–Crippen LogP) is 3.34. The van der Waals surface area contributed by atoms with Gasteiger partial charge in [-0.3, -0.25) is 4.68 Å². The lowest BCUT2D eigenvalue weighted by atomic mass is 10.2. The van der Waals surface area contributed by atoms with Crippen LogP contribution in [-0.2, 0) is 6.54 Å². The van der Waals surface area contributed by atoms with E-state index in [-0.39, 0.29) is 0 Å². The first kappa shape index (κ1) is 17.4. The number of nitrogens with zero attached hydrogens (tertiary/aromatic N) is 2. The molecule has 1 atom stereocenters. The van der Waals surface area contributed by atoms with Crippen LogP contribution in [0.25, 0.3) is 0 Å². The van der Waals surface area contributed by atoms with Gasteiger partial charge in [0, 0.05) is 12.3 Å². The second kappa shape index (κ2) is 9.29. The molecule has 116 valence electrons. The lowest BCUT2D eigenvalue weighted by molar-refractivity contribution is 0.396. The molecule has 0 aliphatic carbocycles. The molecule has 20 heavy (non-hydrogen) atoms. The van der Waals surface area contributed by atoms with Crippen molar-refractivity contribution in [3.8, 4) is 5.75 Å². The van der Waals surface area contributed by atoms with E-state index in [0.717, 1.165) is 36.9 Å². The smallest absolute Gasteiger partial charge is 0.161 e. The summed E-state index contributed by atoms with van der Waals surface area (Å²) in [6.07, 6.45) is 2.96. The Labute approximate surface area is 127 Å². The maximum absolute atomic E-state index is 5.48. The average Bonchev–Trinajstić information content (AvgIpc) is 2.85. The summed E-state index contributed by atoms with van der Waals surface area (Å²) in [7, 11) is 1.72. The van der Waals surface area contributed by atoms with Crippen molar-refractivity contribution in [3.63, 3.8) is 0 Å². The van der Waals surface area contributed by atoms with Gasteiger partial charge in [-0.25, -0.2) is 0 Å². The number of rotatable bonds is 10. The SMILES string of the molecule is CCCNC(CSCC(C)C)c1c(OC)cnn1CC. The summed E-state index contributed by atoms with van der Waals surface area (Å²) in [5.74, 6) is 3.86. The molecule has 4 nitrogen and oxygen atoms in total. The van der Waals surface area contributed by atoms with Gasteiger partial charge in [0.1, 0.15) is 0 Å². The summed E-state index contributed by atoms with van der Waals surface area (Å²) in [4.78, 5) is 0. The fraction of sp³-hybridized carbons (Fsp3) is 0.800. The average molecular weight is 299 g/mol. The highest BCUT2D eigenvalue weighted by molar-refractivity contribution is 7.99. The van der Waals surface area contributed by atoms with Gasteiger partial charge in [-0.15, -0.1) is 0 Å². The molecular formula is C15H29N3OS. The number of hydrogen-bond acceptors (Lipinski definition) is 4. The molecular weight excluding hydrogens is 270 g/mol. The van der Waals surface area contributed by atoms with E-state index in [0.29, 0.717) is 6.04 Å². The molecule has 1 heterocycles. The number of ether oxygens (including phenoxy) is 1. The largest absolute Gasteiger partial charge is 0.493 e. The first-order valence-corrected chi connectivity index (χ1v) is 8.70. The van der Waals surface area contributed by atoms with Gasteiger partial charge in [-0.1, -0.05) is 20.8 Å². The van der Waals surface area contributed by atoms with Crippen LogP contribution in [0.15, 0.2) is 6.20 Å². The van der Waals surface area contributed by atoms with Crippen molar-refractivity contribution in [1.82, 2.24) is 15.1 Å². The first-order valence-electron chi connectivity index (χ1n) is 7.54. The third-order valence-corrected chi connectivity index (χ3v) is 4.54. The van der Waals surface area contributed by atoms with E-state index in [2.05, 4.69) is 38.1 Å². The molecule has 0 aliphatic rings. The highest BCUT2D eigenvalue weighted by Gasteiger charge is 2.21. The Morgan fingerprint density at radius 1 is 1.35 bits per heavy atom. The molecule has 0 amide bonds. The van der Waals surface area contributed by atoms with Crippen LogP contribution in [0, 0.1) is 5.92 Å². The van der Waals surface area contributed by atoms with Crippen molar-refractivity contribution < 1.29 is 4.74 Å². The zero-order valence-corrected chi connectivity index (χ0v) is 14.3. The monoisotopic (exact) mass is 299 g/mol.